The van der Waals surface area contributed by atoms with Gasteiger partial charge in [0.2, 0.25) is 10.0 Å². The van der Waals surface area contributed by atoms with Crippen LogP contribution in [0.2, 0.25) is 0 Å². The predicted octanol–water partition coefficient (Wildman–Crippen LogP) is 2.31. The van der Waals surface area contributed by atoms with Crippen molar-refractivity contribution in [2.45, 2.75) is 44.6 Å². The molecule has 1 atom stereocenters. The van der Waals surface area contributed by atoms with Crippen molar-refractivity contribution in [1.29, 1.82) is 0 Å². The van der Waals surface area contributed by atoms with Crippen LogP contribution in [0, 0.1) is 5.92 Å². The topological polar surface area (TPSA) is 66.5 Å². The van der Waals surface area contributed by atoms with E-state index in [9.17, 15) is 13.2 Å². The fourth-order valence-electron chi connectivity index (χ4n) is 2.17. The minimum Gasteiger partial charge on any atom is -0.349 e. The Hall–Kier alpha value is -0.920. The molecule has 118 valence electrons. The van der Waals surface area contributed by atoms with Gasteiger partial charge in [-0.15, -0.1) is 11.3 Å². The maximum atomic E-state index is 12.6. The molecule has 1 aromatic rings. The fourth-order valence-corrected chi connectivity index (χ4v) is 4.99. The van der Waals surface area contributed by atoms with Crippen molar-refractivity contribution < 1.29 is 13.2 Å². The summed E-state index contributed by atoms with van der Waals surface area (Å²) in [4.78, 5) is 12.7. The lowest BCUT2D eigenvalue weighted by Crippen LogP contribution is -2.37. The third kappa shape index (κ3) is 3.46. The summed E-state index contributed by atoms with van der Waals surface area (Å²) in [5.41, 5.74) is 0. The van der Waals surface area contributed by atoms with Crippen molar-refractivity contribution in [2.24, 2.45) is 5.92 Å². The van der Waals surface area contributed by atoms with Crippen molar-refractivity contribution in [2.75, 3.05) is 13.1 Å². The highest BCUT2D eigenvalue weighted by molar-refractivity contribution is 7.89. The number of amides is 1. The second-order valence-corrected chi connectivity index (χ2v) is 8.55. The second kappa shape index (κ2) is 6.46. The Morgan fingerprint density at radius 3 is 2.48 bits per heavy atom. The Labute approximate surface area is 130 Å². The molecule has 1 fully saturated rings. The maximum absolute atomic E-state index is 12.6. The van der Waals surface area contributed by atoms with Gasteiger partial charge in [-0.1, -0.05) is 13.8 Å². The molecule has 1 N–H and O–H groups in total. The average Bonchev–Trinajstić information content (AvgIpc) is 3.10. The Kier molecular flexibility index (Phi) is 5.06. The van der Waals surface area contributed by atoms with Gasteiger partial charge in [0, 0.05) is 19.1 Å². The number of carbonyl (C=O) groups is 1. The number of thiophene rings is 1. The molecule has 7 heteroatoms. The molecule has 0 aromatic carbocycles. The number of nitrogens with zero attached hydrogens (tertiary/aromatic N) is 1. The lowest BCUT2D eigenvalue weighted by Gasteiger charge is -2.19. The molecular weight excluding hydrogens is 308 g/mol. The molecule has 1 aliphatic rings. The Balaban J connectivity index is 2.24. The zero-order valence-electron chi connectivity index (χ0n) is 12.6. The van der Waals surface area contributed by atoms with Crippen LogP contribution >= 0.6 is 11.3 Å². The first-order valence-corrected chi connectivity index (χ1v) is 9.54. The van der Waals surface area contributed by atoms with Crippen LogP contribution in [0.4, 0.5) is 0 Å². The van der Waals surface area contributed by atoms with Crippen LogP contribution in [0.1, 0.15) is 43.3 Å². The van der Waals surface area contributed by atoms with E-state index in [1.54, 1.807) is 5.38 Å². The first-order chi connectivity index (χ1) is 9.84. The summed E-state index contributed by atoms with van der Waals surface area (Å²) in [6.45, 7) is 7.04. The summed E-state index contributed by atoms with van der Waals surface area (Å²) in [5.74, 6) is -0.00322. The maximum Gasteiger partial charge on any atom is 0.262 e. The summed E-state index contributed by atoms with van der Waals surface area (Å²) in [6.07, 6.45) is 1.77. The van der Waals surface area contributed by atoms with E-state index in [0.717, 1.165) is 12.8 Å². The first-order valence-electron chi connectivity index (χ1n) is 7.22. The zero-order chi connectivity index (χ0) is 15.6. The second-order valence-electron chi connectivity index (χ2n) is 5.73. The van der Waals surface area contributed by atoms with Gasteiger partial charge in [-0.25, -0.2) is 8.42 Å². The van der Waals surface area contributed by atoms with Crippen molar-refractivity contribution in [3.05, 3.63) is 16.3 Å². The van der Waals surface area contributed by atoms with E-state index in [-0.39, 0.29) is 21.7 Å². The summed E-state index contributed by atoms with van der Waals surface area (Å²) in [7, 11) is -3.54. The van der Waals surface area contributed by atoms with Gasteiger partial charge in [0.15, 0.2) is 0 Å². The smallest absolute Gasteiger partial charge is 0.262 e. The minimum absolute atomic E-state index is 0.00180. The van der Waals surface area contributed by atoms with Crippen molar-refractivity contribution in [3.63, 3.8) is 0 Å². The van der Waals surface area contributed by atoms with Gasteiger partial charge < -0.3 is 5.32 Å². The molecule has 0 bridgehead atoms. The monoisotopic (exact) mass is 330 g/mol. The Morgan fingerprint density at radius 1 is 1.29 bits per heavy atom. The molecule has 1 unspecified atom stereocenters. The van der Waals surface area contributed by atoms with Crippen molar-refractivity contribution >= 4 is 27.3 Å². The highest BCUT2D eigenvalue weighted by atomic mass is 32.2. The molecule has 2 heterocycles. The summed E-state index contributed by atoms with van der Waals surface area (Å²) in [6, 6.07) is 1.54. The van der Waals surface area contributed by atoms with Gasteiger partial charge in [-0.05, 0) is 37.1 Å². The molecule has 5 nitrogen and oxygen atoms in total. The lowest BCUT2D eigenvalue weighted by molar-refractivity contribution is 0.0931. The number of sulfonamides is 1. The quantitative estimate of drug-likeness (QED) is 0.901. The molecule has 1 aromatic heterocycles. The van der Waals surface area contributed by atoms with Crippen LogP contribution in [0.5, 0.6) is 0 Å². The first kappa shape index (κ1) is 16.5. The van der Waals surface area contributed by atoms with Crippen LogP contribution in [0.25, 0.3) is 0 Å². The molecule has 21 heavy (non-hydrogen) atoms. The van der Waals surface area contributed by atoms with Crippen LogP contribution in [0.15, 0.2) is 16.3 Å². The lowest BCUT2D eigenvalue weighted by atomic mass is 10.1. The van der Waals surface area contributed by atoms with Gasteiger partial charge in [0.05, 0.1) is 0 Å². The van der Waals surface area contributed by atoms with Gasteiger partial charge in [0.1, 0.15) is 9.77 Å². The molecule has 1 aliphatic heterocycles. The molecule has 0 saturated carbocycles. The van der Waals surface area contributed by atoms with Crippen LogP contribution < -0.4 is 5.32 Å². The standard InChI is InChI=1S/C14H22N2O3S2/c1-10(2)11(3)15-14(17)13-12(6-9-20-13)21(18,19)16-7-4-5-8-16/h6,9-11H,4-5,7-8H2,1-3H3,(H,15,17). The highest BCUT2D eigenvalue weighted by Gasteiger charge is 2.32. The van der Waals surface area contributed by atoms with E-state index in [1.165, 1.54) is 21.7 Å². The molecule has 0 spiro atoms. The molecule has 0 radical (unpaired) electrons. The molecule has 1 amide bonds. The van der Waals surface area contributed by atoms with Crippen LogP contribution in [0.3, 0.4) is 0 Å². The normalized spacial score (nSPS) is 18.1. The van der Waals surface area contributed by atoms with E-state index < -0.39 is 10.0 Å². The third-order valence-electron chi connectivity index (χ3n) is 3.88. The predicted molar refractivity (Wildman–Crippen MR) is 84.1 cm³/mol. The van der Waals surface area contributed by atoms with Gasteiger partial charge in [-0.3, -0.25) is 4.79 Å². The van der Waals surface area contributed by atoms with E-state index in [1.807, 2.05) is 20.8 Å². The van der Waals surface area contributed by atoms with E-state index >= 15 is 0 Å². The van der Waals surface area contributed by atoms with Gasteiger partial charge in [-0.2, -0.15) is 4.31 Å². The molecule has 2 rings (SSSR count). The van der Waals surface area contributed by atoms with Crippen LogP contribution in [-0.4, -0.2) is 37.8 Å². The summed E-state index contributed by atoms with van der Waals surface area (Å²) in [5, 5.41) is 4.54. The van der Waals surface area contributed by atoms with E-state index in [4.69, 9.17) is 0 Å². The Bertz CT molecular complexity index is 601. The summed E-state index contributed by atoms with van der Waals surface area (Å²) < 4.78 is 26.7. The zero-order valence-corrected chi connectivity index (χ0v) is 14.3. The highest BCUT2D eigenvalue weighted by Crippen LogP contribution is 2.27. The fraction of sp³-hybridized carbons (Fsp3) is 0.643. The largest absolute Gasteiger partial charge is 0.349 e. The van der Waals surface area contributed by atoms with E-state index in [2.05, 4.69) is 5.32 Å². The Morgan fingerprint density at radius 2 is 1.90 bits per heavy atom. The van der Waals surface area contributed by atoms with Crippen LogP contribution in [-0.2, 0) is 10.0 Å². The number of nitrogens with one attached hydrogen (secondary N) is 1. The summed E-state index contributed by atoms with van der Waals surface area (Å²) >= 11 is 1.18. The molecule has 1 saturated heterocycles. The van der Waals surface area contributed by atoms with Gasteiger partial charge in [0.25, 0.3) is 5.91 Å². The number of rotatable bonds is 5. The minimum atomic E-state index is -3.54. The van der Waals surface area contributed by atoms with Gasteiger partial charge >= 0.3 is 0 Å². The number of hydrogen-bond acceptors (Lipinski definition) is 4. The van der Waals surface area contributed by atoms with Crippen molar-refractivity contribution in [1.82, 2.24) is 9.62 Å². The molecular formula is C14H22N2O3S2. The number of hydrogen-bond donors (Lipinski definition) is 1. The molecule has 0 aliphatic carbocycles. The third-order valence-corrected chi connectivity index (χ3v) is 6.86. The van der Waals surface area contributed by atoms with E-state index in [0.29, 0.717) is 19.0 Å². The van der Waals surface area contributed by atoms with Crippen molar-refractivity contribution in [3.8, 4) is 0 Å². The SMILES string of the molecule is CC(C)C(C)NC(=O)c1sccc1S(=O)(=O)N1CCCC1. The average molecular weight is 330 g/mol. The number of carbonyl (C=O) groups excluding carboxylic acids is 1.